The van der Waals surface area contributed by atoms with Crippen LogP contribution < -0.4 is 15.4 Å². The summed E-state index contributed by atoms with van der Waals surface area (Å²) in [5, 5.41) is 9.78. The molecular weight excluding hydrogens is 578 g/mol. The number of carbonyl (C=O) groups excluding carboxylic acids is 1. The molecule has 6 rings (SSSR count). The number of aromatic nitrogens is 6. The Balaban J connectivity index is 1.14. The van der Waals surface area contributed by atoms with E-state index in [1.54, 1.807) is 36.4 Å². The first-order chi connectivity index (χ1) is 21.9. The number of fused-ring (bicyclic) bond motifs is 3. The molecule has 1 fully saturated rings. The second-order valence-corrected chi connectivity index (χ2v) is 11.3. The molecule has 0 aliphatic carbocycles. The number of ether oxygens (including phenoxy) is 3. The van der Waals surface area contributed by atoms with Gasteiger partial charge in [-0.05, 0) is 48.7 Å². The van der Waals surface area contributed by atoms with Gasteiger partial charge in [-0.15, -0.1) is 5.10 Å². The predicted molar refractivity (Wildman–Crippen MR) is 168 cm³/mol. The Morgan fingerprint density at radius 2 is 1.78 bits per heavy atom. The van der Waals surface area contributed by atoms with Crippen LogP contribution in [0.3, 0.4) is 0 Å². The molecule has 0 spiro atoms. The van der Waals surface area contributed by atoms with E-state index in [0.717, 1.165) is 11.4 Å². The molecule has 0 radical (unpaired) electrons. The van der Waals surface area contributed by atoms with E-state index < -0.39 is 6.04 Å². The highest BCUT2D eigenvalue weighted by molar-refractivity contribution is 5.92. The Labute approximate surface area is 260 Å². The number of rotatable bonds is 13. The van der Waals surface area contributed by atoms with Crippen molar-refractivity contribution in [3.8, 4) is 17.3 Å². The van der Waals surface area contributed by atoms with Crippen molar-refractivity contribution in [1.82, 2.24) is 34.3 Å². The van der Waals surface area contributed by atoms with Crippen molar-refractivity contribution in [1.29, 1.82) is 0 Å². The summed E-state index contributed by atoms with van der Waals surface area (Å²) in [5.74, 6) is 2.13. The van der Waals surface area contributed by atoms with E-state index in [1.165, 1.54) is 4.52 Å². The topological polar surface area (TPSA) is 151 Å². The Hall–Kier alpha value is -4.69. The van der Waals surface area contributed by atoms with Gasteiger partial charge in [0.25, 0.3) is 0 Å². The number of piperazine rings is 1. The third kappa shape index (κ3) is 6.56. The number of furan rings is 1. The van der Waals surface area contributed by atoms with Gasteiger partial charge in [0.05, 0.1) is 37.7 Å². The number of carbonyl (C=O) groups is 1. The first kappa shape index (κ1) is 30.3. The van der Waals surface area contributed by atoms with Crippen LogP contribution in [0.4, 0.5) is 11.6 Å². The molecule has 1 aliphatic rings. The number of anilines is 2. The number of hydrogen-bond donors (Lipinski definition) is 1. The van der Waals surface area contributed by atoms with Gasteiger partial charge >= 0.3 is 0 Å². The van der Waals surface area contributed by atoms with Crippen LogP contribution in [0.15, 0.2) is 53.3 Å². The minimum atomic E-state index is -0.536. The normalized spacial score (nSPS) is 14.6. The van der Waals surface area contributed by atoms with E-state index >= 15 is 0 Å². The zero-order chi connectivity index (χ0) is 31.3. The SMILES string of the molecule is COCCOCCOc1ccc(N2CCN(C(=O)C(CC(C)C)n3ncc4c3nc(N)n3nc(-c5ccco5)nc43)CC2)cc1. The Kier molecular flexibility index (Phi) is 9.12. The number of nitrogens with two attached hydrogens (primary N) is 1. The molecule has 14 heteroatoms. The Bertz CT molecular complexity index is 1710. The lowest BCUT2D eigenvalue weighted by Gasteiger charge is -2.38. The molecule has 1 aromatic carbocycles. The van der Waals surface area contributed by atoms with Gasteiger partial charge in [-0.2, -0.15) is 14.6 Å². The maximum absolute atomic E-state index is 14.1. The van der Waals surface area contributed by atoms with Crippen molar-refractivity contribution in [3.05, 3.63) is 48.9 Å². The molecular formula is C31H39N9O5. The molecule has 1 amide bonds. The van der Waals surface area contributed by atoms with Crippen LogP contribution in [-0.4, -0.2) is 99.9 Å². The summed E-state index contributed by atoms with van der Waals surface area (Å²) in [6, 6.07) is 11.0. The van der Waals surface area contributed by atoms with E-state index in [9.17, 15) is 4.79 Å². The largest absolute Gasteiger partial charge is 0.491 e. The lowest BCUT2D eigenvalue weighted by molar-refractivity contribution is -0.135. The molecule has 14 nitrogen and oxygen atoms in total. The maximum Gasteiger partial charge on any atom is 0.247 e. The molecule has 0 bridgehead atoms. The average Bonchev–Trinajstić information content (AvgIpc) is 3.82. The number of benzene rings is 1. The van der Waals surface area contributed by atoms with Gasteiger partial charge in [0.2, 0.25) is 17.7 Å². The number of amides is 1. The fraction of sp³-hybridized carbons (Fsp3) is 0.452. The Morgan fingerprint density at radius 1 is 1.00 bits per heavy atom. The molecule has 238 valence electrons. The summed E-state index contributed by atoms with van der Waals surface area (Å²) in [6.45, 7) is 8.93. The highest BCUT2D eigenvalue weighted by Gasteiger charge is 2.32. The van der Waals surface area contributed by atoms with E-state index in [-0.39, 0.29) is 17.8 Å². The molecule has 1 aliphatic heterocycles. The van der Waals surface area contributed by atoms with Gasteiger partial charge < -0.3 is 34.2 Å². The molecule has 2 N–H and O–H groups in total. The van der Waals surface area contributed by atoms with Gasteiger partial charge in [0.1, 0.15) is 18.4 Å². The smallest absolute Gasteiger partial charge is 0.247 e. The standard InChI is InChI=1S/C31H39N9O5/c1-21(2)19-25(39-29-24(20-33-39)28-34-27(26-5-4-14-45-26)36-40(28)31(32)35-29)30(41)38-12-10-37(11-13-38)22-6-8-23(9-7-22)44-18-17-43-16-15-42-3/h4-9,14,20-21,25H,10-13,15-19H2,1-3H3,(H2,32,35). The van der Waals surface area contributed by atoms with Crippen molar-refractivity contribution < 1.29 is 23.4 Å². The molecule has 45 heavy (non-hydrogen) atoms. The summed E-state index contributed by atoms with van der Waals surface area (Å²) in [4.78, 5) is 27.5. The third-order valence-electron chi connectivity index (χ3n) is 7.79. The first-order valence-electron chi connectivity index (χ1n) is 15.2. The zero-order valence-electron chi connectivity index (χ0n) is 25.8. The van der Waals surface area contributed by atoms with E-state index in [0.29, 0.717) is 87.3 Å². The Morgan fingerprint density at radius 3 is 2.49 bits per heavy atom. The number of nitrogens with zero attached hydrogens (tertiary/aromatic N) is 8. The maximum atomic E-state index is 14.1. The van der Waals surface area contributed by atoms with Gasteiger partial charge in [0.15, 0.2) is 17.1 Å². The number of hydrogen-bond acceptors (Lipinski definition) is 11. The molecule has 0 saturated carbocycles. The number of methoxy groups -OCH3 is 1. The monoisotopic (exact) mass is 617 g/mol. The average molecular weight is 618 g/mol. The predicted octanol–water partition coefficient (Wildman–Crippen LogP) is 3.29. The van der Waals surface area contributed by atoms with Gasteiger partial charge in [-0.3, -0.25) is 4.79 Å². The highest BCUT2D eigenvalue weighted by atomic mass is 16.5. The van der Waals surface area contributed by atoms with Gasteiger partial charge in [-0.25, -0.2) is 9.67 Å². The first-order valence-corrected chi connectivity index (χ1v) is 15.2. The summed E-state index contributed by atoms with van der Waals surface area (Å²) in [6.07, 6.45) is 3.85. The lowest BCUT2D eigenvalue weighted by Crippen LogP contribution is -2.51. The van der Waals surface area contributed by atoms with Crippen molar-refractivity contribution in [2.75, 3.05) is 70.3 Å². The van der Waals surface area contributed by atoms with Crippen LogP contribution in [0.1, 0.15) is 26.3 Å². The van der Waals surface area contributed by atoms with E-state index in [1.807, 2.05) is 17.0 Å². The van der Waals surface area contributed by atoms with Crippen molar-refractivity contribution in [3.63, 3.8) is 0 Å². The minimum Gasteiger partial charge on any atom is -0.491 e. The summed E-state index contributed by atoms with van der Waals surface area (Å²) in [7, 11) is 1.65. The summed E-state index contributed by atoms with van der Waals surface area (Å²) >= 11 is 0. The lowest BCUT2D eigenvalue weighted by atomic mass is 10.0. The number of nitrogen functional groups attached to an aromatic ring is 1. The van der Waals surface area contributed by atoms with Crippen LogP contribution in [-0.2, 0) is 14.3 Å². The van der Waals surface area contributed by atoms with Crippen LogP contribution in [0.2, 0.25) is 0 Å². The van der Waals surface area contributed by atoms with Crippen molar-refractivity contribution in [2.45, 2.75) is 26.3 Å². The summed E-state index contributed by atoms with van der Waals surface area (Å²) < 4.78 is 24.8. The van der Waals surface area contributed by atoms with Crippen LogP contribution >= 0.6 is 0 Å². The van der Waals surface area contributed by atoms with E-state index in [4.69, 9.17) is 24.4 Å². The van der Waals surface area contributed by atoms with Crippen LogP contribution in [0, 0.1) is 5.92 Å². The molecule has 5 heterocycles. The van der Waals surface area contributed by atoms with Gasteiger partial charge in [-0.1, -0.05) is 13.8 Å². The minimum absolute atomic E-state index is 0.0165. The van der Waals surface area contributed by atoms with E-state index in [2.05, 4.69) is 51.0 Å². The van der Waals surface area contributed by atoms with Crippen molar-refractivity contribution >= 4 is 34.2 Å². The zero-order valence-corrected chi connectivity index (χ0v) is 25.8. The fourth-order valence-electron chi connectivity index (χ4n) is 5.53. The quantitative estimate of drug-likeness (QED) is 0.194. The molecule has 1 saturated heterocycles. The molecule has 1 unspecified atom stereocenters. The second kappa shape index (κ2) is 13.5. The molecule has 4 aromatic heterocycles. The van der Waals surface area contributed by atoms with Crippen LogP contribution in [0.5, 0.6) is 5.75 Å². The highest BCUT2D eigenvalue weighted by Crippen LogP contribution is 2.29. The van der Waals surface area contributed by atoms with Crippen LogP contribution in [0.25, 0.3) is 28.3 Å². The fourth-order valence-corrected chi connectivity index (χ4v) is 5.53. The second-order valence-electron chi connectivity index (χ2n) is 11.3. The third-order valence-corrected chi connectivity index (χ3v) is 7.79. The van der Waals surface area contributed by atoms with Crippen molar-refractivity contribution in [2.24, 2.45) is 5.92 Å². The van der Waals surface area contributed by atoms with Gasteiger partial charge in [0, 0.05) is 39.0 Å². The molecule has 1 atom stereocenters. The summed E-state index contributed by atoms with van der Waals surface area (Å²) in [5.41, 5.74) is 8.42. The molecule has 5 aromatic rings.